The highest BCUT2D eigenvalue weighted by Gasteiger charge is 2.28. The van der Waals surface area contributed by atoms with Crippen LogP contribution in [0.15, 0.2) is 30.3 Å². The number of carbonyl (C=O) groups excluding carboxylic acids is 2. The van der Waals surface area contributed by atoms with E-state index in [1.807, 2.05) is 5.32 Å². The fourth-order valence-corrected chi connectivity index (χ4v) is 2.67. The summed E-state index contributed by atoms with van der Waals surface area (Å²) >= 11 is 0. The Morgan fingerprint density at radius 2 is 2.03 bits per heavy atom. The topological polar surface area (TPSA) is 109 Å². The van der Waals surface area contributed by atoms with Gasteiger partial charge in [0.05, 0.1) is 5.69 Å². The van der Waals surface area contributed by atoms with Gasteiger partial charge in [0.2, 0.25) is 6.41 Å². The third-order valence-electron chi connectivity index (χ3n) is 4.43. The van der Waals surface area contributed by atoms with Gasteiger partial charge in [-0.3, -0.25) is 9.59 Å². The molecule has 0 spiro atoms. The number of nitrogens with zero attached hydrogens (tertiary/aromatic N) is 2. The normalized spacial score (nSPS) is 12.8. The van der Waals surface area contributed by atoms with Gasteiger partial charge >= 0.3 is 6.18 Å². The summed E-state index contributed by atoms with van der Waals surface area (Å²) in [5.74, 6) is 3.33. The summed E-state index contributed by atoms with van der Waals surface area (Å²) in [6.45, 7) is 0.266. The molecule has 1 heterocycles. The van der Waals surface area contributed by atoms with Gasteiger partial charge in [-0.15, -0.1) is 0 Å². The Balaban J connectivity index is 2.35. The number of hydrogen-bond acceptors (Lipinski definition) is 5. The minimum atomic E-state index is -4.60. The second-order valence-electron chi connectivity index (χ2n) is 7.49. The third-order valence-corrected chi connectivity index (χ3v) is 4.43. The maximum atomic E-state index is 14.7. The summed E-state index contributed by atoms with van der Waals surface area (Å²) in [5.41, 5.74) is 3.07. The average Bonchev–Trinajstić information content (AvgIpc) is 2.74. The van der Waals surface area contributed by atoms with Crippen LogP contribution in [-0.2, 0) is 4.79 Å². The lowest BCUT2D eigenvalue weighted by molar-refractivity contribution is -0.117. The minimum Gasteiger partial charge on any atom is -0.378 e. The van der Waals surface area contributed by atoms with Gasteiger partial charge in [-0.25, -0.2) is 9.37 Å². The molecule has 2 aromatic rings. The molecule has 2 amide bonds. The van der Waals surface area contributed by atoms with Crippen molar-refractivity contribution in [3.05, 3.63) is 47.4 Å². The summed E-state index contributed by atoms with van der Waals surface area (Å²) in [7, 11) is 1.56. The molecular weight excluding hydrogens is 444 g/mol. The maximum Gasteiger partial charge on any atom is 0.405 e. The monoisotopic (exact) mass is 466 g/mol. The number of rotatable bonds is 8. The SMILES string of the molecule is CN(C=O)CCC(C)(O)C#Cc1cccc(-c2nc(C(N)=O)c(NCC(F)(F)F)cc2F)c1. The molecule has 0 bridgehead atoms. The van der Waals surface area contributed by atoms with E-state index in [1.165, 1.54) is 30.0 Å². The number of carbonyl (C=O) groups is 2. The quantitative estimate of drug-likeness (QED) is 0.315. The second-order valence-corrected chi connectivity index (χ2v) is 7.49. The Bertz CT molecular complexity index is 1090. The van der Waals surface area contributed by atoms with Crippen molar-refractivity contribution in [2.45, 2.75) is 25.1 Å². The van der Waals surface area contributed by atoms with Crippen LogP contribution in [0.5, 0.6) is 0 Å². The Morgan fingerprint density at radius 3 is 2.64 bits per heavy atom. The summed E-state index contributed by atoms with van der Waals surface area (Å²) < 4.78 is 52.1. The highest BCUT2D eigenvalue weighted by atomic mass is 19.4. The molecule has 7 nitrogen and oxygen atoms in total. The zero-order chi connectivity index (χ0) is 24.8. The Labute approximate surface area is 187 Å². The van der Waals surface area contributed by atoms with Crippen molar-refractivity contribution in [2.75, 3.05) is 25.5 Å². The van der Waals surface area contributed by atoms with E-state index in [0.29, 0.717) is 12.0 Å². The van der Waals surface area contributed by atoms with Gasteiger partial charge in [-0.2, -0.15) is 13.2 Å². The predicted molar refractivity (Wildman–Crippen MR) is 114 cm³/mol. The van der Waals surface area contributed by atoms with Crippen molar-refractivity contribution in [3.63, 3.8) is 0 Å². The third kappa shape index (κ3) is 7.76. The zero-order valence-corrected chi connectivity index (χ0v) is 17.8. The number of primary amides is 1. The van der Waals surface area contributed by atoms with Gasteiger partial charge in [0, 0.05) is 37.2 Å². The van der Waals surface area contributed by atoms with E-state index in [4.69, 9.17) is 5.73 Å². The fourth-order valence-electron chi connectivity index (χ4n) is 2.67. The van der Waals surface area contributed by atoms with Crippen LogP contribution in [0.25, 0.3) is 11.3 Å². The molecule has 0 saturated heterocycles. The molecule has 2 rings (SSSR count). The second kappa shape index (κ2) is 10.3. The highest BCUT2D eigenvalue weighted by molar-refractivity contribution is 5.97. The van der Waals surface area contributed by atoms with Gasteiger partial charge in [0.1, 0.15) is 17.8 Å². The van der Waals surface area contributed by atoms with E-state index in [0.717, 1.165) is 6.07 Å². The van der Waals surface area contributed by atoms with E-state index in [-0.39, 0.29) is 24.2 Å². The Morgan fingerprint density at radius 1 is 1.33 bits per heavy atom. The van der Waals surface area contributed by atoms with Crippen molar-refractivity contribution in [2.24, 2.45) is 5.73 Å². The molecule has 4 N–H and O–H groups in total. The first-order chi connectivity index (χ1) is 15.3. The molecule has 0 fully saturated rings. The van der Waals surface area contributed by atoms with Crippen LogP contribution in [0, 0.1) is 17.7 Å². The standard InChI is InChI=1S/C22H22F4N4O3/c1-21(33,8-9-30(2)13-31)7-6-14-4-3-5-15(10-14)18-16(23)11-17(19(29-18)20(27)32)28-12-22(24,25)26/h3-5,10-11,13,28,33H,8-9,12H2,1-2H3,(H2,27,32). The largest absolute Gasteiger partial charge is 0.405 e. The molecule has 0 aliphatic heterocycles. The van der Waals surface area contributed by atoms with Gasteiger partial charge in [0.25, 0.3) is 5.91 Å². The van der Waals surface area contributed by atoms with Crippen LogP contribution in [0.1, 0.15) is 29.4 Å². The number of nitrogens with one attached hydrogen (secondary N) is 1. The van der Waals surface area contributed by atoms with E-state index >= 15 is 0 Å². The first kappa shape index (κ1) is 25.6. The fraction of sp³-hybridized carbons (Fsp3) is 0.318. The molecule has 11 heteroatoms. The number of halogens is 4. The van der Waals surface area contributed by atoms with Crippen LogP contribution in [-0.4, -0.2) is 59.2 Å². The molecular formula is C22H22F4N4O3. The van der Waals surface area contributed by atoms with Crippen LogP contribution in [0.3, 0.4) is 0 Å². The zero-order valence-electron chi connectivity index (χ0n) is 17.8. The number of benzene rings is 1. The van der Waals surface area contributed by atoms with Crippen LogP contribution < -0.4 is 11.1 Å². The molecule has 0 saturated carbocycles. The number of aromatic nitrogens is 1. The van der Waals surface area contributed by atoms with Gasteiger partial charge < -0.3 is 21.1 Å². The first-order valence-corrected chi connectivity index (χ1v) is 9.64. The number of amides is 2. The van der Waals surface area contributed by atoms with Crippen molar-refractivity contribution < 1.29 is 32.3 Å². The van der Waals surface area contributed by atoms with E-state index < -0.39 is 41.4 Å². The van der Waals surface area contributed by atoms with Gasteiger partial charge in [0.15, 0.2) is 11.5 Å². The molecule has 33 heavy (non-hydrogen) atoms. The van der Waals surface area contributed by atoms with Gasteiger partial charge in [-0.05, 0) is 19.1 Å². The number of anilines is 1. The number of aliphatic hydroxyl groups is 1. The average molecular weight is 466 g/mol. The van der Waals surface area contributed by atoms with E-state index in [9.17, 15) is 32.3 Å². The number of hydrogen-bond donors (Lipinski definition) is 3. The maximum absolute atomic E-state index is 14.7. The first-order valence-electron chi connectivity index (χ1n) is 9.64. The lowest BCUT2D eigenvalue weighted by atomic mass is 10.0. The number of alkyl halides is 3. The Kier molecular flexibility index (Phi) is 8.00. The highest BCUT2D eigenvalue weighted by Crippen LogP contribution is 2.27. The summed E-state index contributed by atoms with van der Waals surface area (Å²) in [4.78, 5) is 27.5. The van der Waals surface area contributed by atoms with Crippen LogP contribution in [0.4, 0.5) is 23.2 Å². The number of pyridine rings is 1. The Hall–Kier alpha value is -3.65. The van der Waals surface area contributed by atoms with Crippen LogP contribution in [0.2, 0.25) is 0 Å². The molecule has 1 unspecified atom stereocenters. The van der Waals surface area contributed by atoms with Crippen molar-refractivity contribution in [1.29, 1.82) is 0 Å². The van der Waals surface area contributed by atoms with Gasteiger partial charge in [-0.1, -0.05) is 24.0 Å². The molecule has 0 aliphatic rings. The molecule has 176 valence electrons. The summed E-state index contributed by atoms with van der Waals surface area (Å²) in [5, 5.41) is 12.3. The molecule has 0 aliphatic carbocycles. The summed E-state index contributed by atoms with van der Waals surface area (Å²) in [6, 6.07) is 6.77. The van der Waals surface area contributed by atoms with E-state index in [2.05, 4.69) is 16.8 Å². The minimum absolute atomic E-state index is 0.194. The molecule has 1 aromatic heterocycles. The lowest BCUT2D eigenvalue weighted by Gasteiger charge is -2.19. The van der Waals surface area contributed by atoms with E-state index in [1.54, 1.807) is 13.1 Å². The van der Waals surface area contributed by atoms with Crippen molar-refractivity contribution >= 4 is 18.0 Å². The number of nitrogens with two attached hydrogens (primary N) is 1. The predicted octanol–water partition coefficient (Wildman–Crippen LogP) is 2.54. The summed E-state index contributed by atoms with van der Waals surface area (Å²) in [6.07, 6.45) is -3.78. The lowest BCUT2D eigenvalue weighted by Crippen LogP contribution is -2.29. The smallest absolute Gasteiger partial charge is 0.378 e. The van der Waals surface area contributed by atoms with Crippen LogP contribution >= 0.6 is 0 Å². The molecule has 0 radical (unpaired) electrons. The van der Waals surface area contributed by atoms with Crippen molar-refractivity contribution in [1.82, 2.24) is 9.88 Å². The molecule has 1 atom stereocenters. The molecule has 1 aromatic carbocycles. The van der Waals surface area contributed by atoms with Crippen molar-refractivity contribution in [3.8, 4) is 23.1 Å².